The summed E-state index contributed by atoms with van der Waals surface area (Å²) >= 11 is 0. The van der Waals surface area contributed by atoms with Crippen molar-refractivity contribution in [3.63, 3.8) is 0 Å². The van der Waals surface area contributed by atoms with Crippen LogP contribution in [0.4, 0.5) is 0 Å². The lowest BCUT2D eigenvalue weighted by atomic mass is 9.94. The maximum Gasteiger partial charge on any atom is 0.0923 e. The smallest absolute Gasteiger partial charge is 0.0923 e. The van der Waals surface area contributed by atoms with E-state index in [2.05, 4.69) is 4.57 Å². The molecule has 0 heterocycles. The van der Waals surface area contributed by atoms with Crippen LogP contribution in [0.15, 0.2) is 0 Å². The van der Waals surface area contributed by atoms with Gasteiger partial charge in [0.2, 0.25) is 0 Å². The molecule has 1 nitrogen and oxygen atoms in total. The van der Waals surface area contributed by atoms with E-state index in [1.54, 1.807) is 5.67 Å². The minimum Gasteiger partial charge on any atom is -0.324 e. The van der Waals surface area contributed by atoms with Gasteiger partial charge in [-0.15, -0.1) is 0 Å². The molecule has 0 atom stereocenters. The van der Waals surface area contributed by atoms with Crippen LogP contribution in [0.5, 0.6) is 0 Å². The summed E-state index contributed by atoms with van der Waals surface area (Å²) in [6, 6.07) is 2.07. The average Bonchev–Trinajstić information content (AvgIpc) is 2.80. The molecule has 0 aromatic rings. The van der Waals surface area contributed by atoms with Gasteiger partial charge >= 0.3 is 0 Å². The van der Waals surface area contributed by atoms with Gasteiger partial charge in [0.05, 0.1) is 9.68 Å². The third-order valence-electron chi connectivity index (χ3n) is 4.32. The van der Waals surface area contributed by atoms with Crippen molar-refractivity contribution in [2.45, 2.75) is 75.5 Å². The molecule has 2 rings (SSSR count). The van der Waals surface area contributed by atoms with Gasteiger partial charge in [-0.05, 0) is 25.7 Å². The Morgan fingerprint density at radius 3 is 1.80 bits per heavy atom. The zero-order valence-corrected chi connectivity index (χ0v) is 13.8. The van der Waals surface area contributed by atoms with Crippen molar-refractivity contribution < 1.29 is 0 Å². The topological polar surface area (TPSA) is 3.24 Å². The molecular weight excluding hydrogens is 214 g/mol. The van der Waals surface area contributed by atoms with Crippen LogP contribution in [-0.4, -0.2) is 36.6 Å². The first-order valence-corrected chi connectivity index (χ1v) is 10.2. The van der Waals surface area contributed by atoms with E-state index >= 15 is 0 Å². The molecule has 0 saturated heterocycles. The highest BCUT2D eigenvalue weighted by Crippen LogP contribution is 2.30. The minimum atomic E-state index is 0.156. The van der Waals surface area contributed by atoms with Crippen molar-refractivity contribution in [2.24, 2.45) is 0 Å². The molecule has 0 spiro atoms. The second-order valence-electron chi connectivity index (χ2n) is 5.47. The van der Waals surface area contributed by atoms with Gasteiger partial charge in [0.25, 0.3) is 0 Å². The van der Waals surface area contributed by atoms with E-state index in [0.29, 0.717) is 0 Å². The van der Waals surface area contributed by atoms with Gasteiger partial charge in [-0.1, -0.05) is 37.8 Å². The van der Waals surface area contributed by atoms with Gasteiger partial charge in [-0.2, -0.15) is 0 Å². The maximum atomic E-state index is 3.05. The van der Waals surface area contributed by atoms with Crippen molar-refractivity contribution in [3.05, 3.63) is 0 Å². The van der Waals surface area contributed by atoms with Gasteiger partial charge in [0.15, 0.2) is 0 Å². The van der Waals surface area contributed by atoms with Crippen LogP contribution in [0, 0.1) is 0 Å². The van der Waals surface area contributed by atoms with Gasteiger partial charge in [-0.3, -0.25) is 0 Å². The quantitative estimate of drug-likeness (QED) is 0.673. The first-order chi connectivity index (χ1) is 7.42. The second kappa shape index (κ2) is 6.21. The lowest BCUT2D eigenvalue weighted by Gasteiger charge is -2.38. The Morgan fingerprint density at radius 1 is 0.867 bits per heavy atom. The minimum absolute atomic E-state index is 0.156. The maximum absolute atomic E-state index is 3.05. The molecule has 0 aliphatic heterocycles. The van der Waals surface area contributed by atoms with Gasteiger partial charge in [0.1, 0.15) is 0 Å². The van der Waals surface area contributed by atoms with Gasteiger partial charge < -0.3 is 4.57 Å². The Hall–Kier alpha value is 0.394. The van der Waals surface area contributed by atoms with Gasteiger partial charge in [0, 0.05) is 22.3 Å². The molecule has 2 aliphatic carbocycles. The fourth-order valence-corrected chi connectivity index (χ4v) is 7.10. The van der Waals surface area contributed by atoms with Crippen LogP contribution in [0.2, 0.25) is 5.67 Å². The monoisotopic (exact) mass is 241 g/mol. The Kier molecular flexibility index (Phi) is 4.91. The summed E-state index contributed by atoms with van der Waals surface area (Å²) in [5, 5.41) is 0. The lowest BCUT2D eigenvalue weighted by Crippen LogP contribution is -2.45. The highest BCUT2D eigenvalue weighted by atomic mass is 28.3. The van der Waals surface area contributed by atoms with E-state index in [9.17, 15) is 0 Å². The van der Waals surface area contributed by atoms with E-state index < -0.39 is 0 Å². The molecule has 2 fully saturated rings. The van der Waals surface area contributed by atoms with Crippen LogP contribution < -0.4 is 0 Å². The van der Waals surface area contributed by atoms with E-state index in [4.69, 9.17) is 0 Å². The van der Waals surface area contributed by atoms with Gasteiger partial charge in [-0.25, -0.2) is 0 Å². The molecule has 0 radical (unpaired) electrons. The average molecular weight is 242 g/mol. The van der Waals surface area contributed by atoms with E-state index in [1.807, 2.05) is 0 Å². The van der Waals surface area contributed by atoms with Crippen molar-refractivity contribution in [3.8, 4) is 0 Å². The van der Waals surface area contributed by atoms with Crippen LogP contribution in [0.25, 0.3) is 0 Å². The summed E-state index contributed by atoms with van der Waals surface area (Å²) < 4.78 is 3.05. The number of rotatable bonds is 4. The Morgan fingerprint density at radius 2 is 1.33 bits per heavy atom. The second-order valence-corrected chi connectivity index (χ2v) is 10.6. The van der Waals surface area contributed by atoms with Crippen LogP contribution in [-0.2, 0) is 0 Å². The summed E-state index contributed by atoms with van der Waals surface area (Å²) in [5.74, 6) is 0. The summed E-state index contributed by atoms with van der Waals surface area (Å²) in [4.78, 5) is 0. The molecule has 15 heavy (non-hydrogen) atoms. The Bertz CT molecular complexity index is 174. The molecule has 2 saturated carbocycles. The third-order valence-corrected chi connectivity index (χ3v) is 7.66. The standard InChI is InChI=1S/C12H27NSi2/c14-10-15-13(12-8-4-5-9-12)11-6-2-1-3-7-11/h11-12H,1-10,15H2,14H3. The molecule has 2 aliphatic rings. The molecule has 0 amide bonds. The van der Waals surface area contributed by atoms with E-state index in [0.717, 1.165) is 12.1 Å². The Labute approximate surface area is 100 Å². The third kappa shape index (κ3) is 3.17. The lowest BCUT2D eigenvalue weighted by molar-refractivity contribution is 0.205. The fraction of sp³-hybridized carbons (Fsp3) is 1.00. The normalized spacial score (nSPS) is 26.2. The molecule has 0 unspecified atom stereocenters. The molecule has 0 N–H and O–H groups in total. The first-order valence-electron chi connectivity index (χ1n) is 7.17. The predicted octanol–water partition coefficient (Wildman–Crippen LogP) is 1.39. The van der Waals surface area contributed by atoms with E-state index in [1.165, 1.54) is 68.0 Å². The summed E-state index contributed by atoms with van der Waals surface area (Å²) in [5.41, 5.74) is 1.62. The molecule has 3 heteroatoms. The van der Waals surface area contributed by atoms with Crippen molar-refractivity contribution in [1.82, 2.24) is 4.57 Å². The first kappa shape index (κ1) is 11.9. The molecule has 0 bridgehead atoms. The van der Waals surface area contributed by atoms with Crippen molar-refractivity contribution in [1.29, 1.82) is 0 Å². The summed E-state index contributed by atoms with van der Waals surface area (Å²) in [6.45, 7) is 0. The number of hydrogen-bond acceptors (Lipinski definition) is 1. The Balaban J connectivity index is 1.90. The molecule has 88 valence electrons. The highest BCUT2D eigenvalue weighted by molar-refractivity contribution is 6.44. The largest absolute Gasteiger partial charge is 0.324 e. The molecular formula is C12H27NSi2. The van der Waals surface area contributed by atoms with Crippen molar-refractivity contribution in [2.75, 3.05) is 0 Å². The zero-order chi connectivity index (χ0) is 10.5. The summed E-state index contributed by atoms with van der Waals surface area (Å²) in [6.07, 6.45) is 13.7. The molecule has 0 aromatic heterocycles. The zero-order valence-electron chi connectivity index (χ0n) is 10.4. The van der Waals surface area contributed by atoms with E-state index in [-0.39, 0.29) is 9.68 Å². The number of hydrogen-bond donors (Lipinski definition) is 0. The highest BCUT2D eigenvalue weighted by Gasteiger charge is 2.28. The van der Waals surface area contributed by atoms with Crippen LogP contribution in [0.3, 0.4) is 0 Å². The summed E-state index contributed by atoms with van der Waals surface area (Å²) in [7, 11) is 1.61. The fourth-order valence-electron chi connectivity index (χ4n) is 3.57. The predicted molar refractivity (Wildman–Crippen MR) is 74.3 cm³/mol. The van der Waals surface area contributed by atoms with Crippen LogP contribution >= 0.6 is 0 Å². The molecule has 0 aromatic carbocycles. The van der Waals surface area contributed by atoms with Crippen LogP contribution in [0.1, 0.15) is 57.8 Å². The SMILES string of the molecule is [SiH3]C[SiH2]N(C1CCCCC1)C1CCCC1. The van der Waals surface area contributed by atoms with Crippen molar-refractivity contribution >= 4 is 19.9 Å². The number of nitrogens with zero attached hydrogens (tertiary/aromatic N) is 1.